The van der Waals surface area contributed by atoms with Gasteiger partial charge in [0, 0.05) is 18.1 Å². The number of benzene rings is 2. The van der Waals surface area contributed by atoms with Crippen LogP contribution in [-0.4, -0.2) is 46.5 Å². The van der Waals surface area contributed by atoms with E-state index in [9.17, 15) is 13.2 Å². The molecule has 0 aliphatic carbocycles. The van der Waals surface area contributed by atoms with Gasteiger partial charge in [-0.1, -0.05) is 41.4 Å². The van der Waals surface area contributed by atoms with Gasteiger partial charge >= 0.3 is 0 Å². The molecular formula is C19H22Cl2N2O4S2. The standard InChI is InChI=1S/C19H22Cl2N2O4S2/c1-27-18-6-4-3-5-17(18)23(29(2,25)26)12-19(24)22-9-10-28-13-14-7-8-15(20)16(21)11-14/h3-8,11H,9-10,12-13H2,1-2H3,(H,22,24). The first-order valence-electron chi connectivity index (χ1n) is 8.61. The van der Waals surface area contributed by atoms with Gasteiger partial charge in [0.1, 0.15) is 12.3 Å². The molecule has 1 amide bonds. The number of hydrogen-bond donors (Lipinski definition) is 1. The van der Waals surface area contributed by atoms with Crippen LogP contribution in [0.1, 0.15) is 5.56 Å². The minimum Gasteiger partial charge on any atom is -0.495 e. The summed E-state index contributed by atoms with van der Waals surface area (Å²) in [6.07, 6.45) is 1.06. The molecule has 0 aliphatic rings. The second-order valence-corrected chi connectivity index (χ2v) is 9.92. The third-order valence-electron chi connectivity index (χ3n) is 3.86. The predicted octanol–water partition coefficient (Wildman–Crippen LogP) is 3.82. The van der Waals surface area contributed by atoms with E-state index >= 15 is 0 Å². The van der Waals surface area contributed by atoms with E-state index in [0.29, 0.717) is 33.8 Å². The number of anilines is 1. The lowest BCUT2D eigenvalue weighted by molar-refractivity contribution is -0.119. The van der Waals surface area contributed by atoms with E-state index in [4.69, 9.17) is 27.9 Å². The molecule has 29 heavy (non-hydrogen) atoms. The Hall–Kier alpha value is -1.61. The zero-order chi connectivity index (χ0) is 21.4. The molecule has 0 aromatic heterocycles. The zero-order valence-electron chi connectivity index (χ0n) is 16.0. The maximum absolute atomic E-state index is 12.3. The number of hydrogen-bond acceptors (Lipinski definition) is 5. The van der Waals surface area contributed by atoms with Crippen molar-refractivity contribution in [1.82, 2.24) is 5.32 Å². The average molecular weight is 477 g/mol. The second kappa shape index (κ2) is 11.0. The minimum absolute atomic E-state index is 0.321. The molecule has 2 rings (SSSR count). The van der Waals surface area contributed by atoms with Gasteiger partial charge in [-0.2, -0.15) is 11.8 Å². The van der Waals surface area contributed by atoms with E-state index in [1.54, 1.807) is 42.1 Å². The van der Waals surface area contributed by atoms with Gasteiger partial charge in [0.05, 0.1) is 29.1 Å². The summed E-state index contributed by atoms with van der Waals surface area (Å²) in [6, 6.07) is 12.1. The summed E-state index contributed by atoms with van der Waals surface area (Å²) in [5.74, 6) is 1.38. The number of ether oxygens (including phenoxy) is 1. The van der Waals surface area contributed by atoms with Gasteiger partial charge < -0.3 is 10.1 Å². The van der Waals surface area contributed by atoms with Crippen LogP contribution in [0, 0.1) is 0 Å². The SMILES string of the molecule is COc1ccccc1N(CC(=O)NCCSCc1ccc(Cl)c(Cl)c1)S(C)(=O)=O. The summed E-state index contributed by atoms with van der Waals surface area (Å²) in [4.78, 5) is 12.3. The number of carbonyl (C=O) groups excluding carboxylic acids is 1. The molecule has 2 aromatic rings. The summed E-state index contributed by atoms with van der Waals surface area (Å²) in [5, 5.41) is 3.77. The summed E-state index contributed by atoms with van der Waals surface area (Å²) in [7, 11) is -2.21. The monoisotopic (exact) mass is 476 g/mol. The Labute approximate surface area is 185 Å². The number of thioether (sulfide) groups is 1. The minimum atomic E-state index is -3.66. The van der Waals surface area contributed by atoms with Crippen molar-refractivity contribution >= 4 is 56.6 Å². The van der Waals surface area contributed by atoms with E-state index in [2.05, 4.69) is 5.32 Å². The van der Waals surface area contributed by atoms with Crippen LogP contribution in [0.5, 0.6) is 5.75 Å². The van der Waals surface area contributed by atoms with Crippen LogP contribution in [0.3, 0.4) is 0 Å². The smallest absolute Gasteiger partial charge is 0.240 e. The maximum atomic E-state index is 12.3. The topological polar surface area (TPSA) is 75.7 Å². The predicted molar refractivity (Wildman–Crippen MR) is 121 cm³/mol. The summed E-state index contributed by atoms with van der Waals surface area (Å²) < 4.78 is 30.6. The first kappa shape index (κ1) is 23.7. The quantitative estimate of drug-likeness (QED) is 0.527. The van der Waals surface area contributed by atoms with E-state index in [1.165, 1.54) is 7.11 Å². The molecule has 0 saturated heterocycles. The van der Waals surface area contributed by atoms with Crippen molar-refractivity contribution in [2.45, 2.75) is 5.75 Å². The molecule has 0 fully saturated rings. The number of rotatable bonds is 10. The molecule has 0 bridgehead atoms. The van der Waals surface area contributed by atoms with Crippen molar-refractivity contribution in [3.63, 3.8) is 0 Å². The Morgan fingerprint density at radius 2 is 1.90 bits per heavy atom. The van der Waals surface area contributed by atoms with E-state index in [-0.39, 0.29) is 6.54 Å². The van der Waals surface area contributed by atoms with E-state index in [0.717, 1.165) is 21.9 Å². The highest BCUT2D eigenvalue weighted by atomic mass is 35.5. The van der Waals surface area contributed by atoms with Crippen LogP contribution in [-0.2, 0) is 20.6 Å². The van der Waals surface area contributed by atoms with Crippen molar-refractivity contribution in [2.75, 3.05) is 36.5 Å². The Morgan fingerprint density at radius 3 is 2.55 bits per heavy atom. The van der Waals surface area contributed by atoms with Gasteiger partial charge in [-0.3, -0.25) is 9.10 Å². The maximum Gasteiger partial charge on any atom is 0.240 e. The molecule has 1 N–H and O–H groups in total. The summed E-state index contributed by atoms with van der Waals surface area (Å²) in [5.41, 5.74) is 1.36. The molecule has 6 nitrogen and oxygen atoms in total. The third kappa shape index (κ3) is 7.29. The molecule has 10 heteroatoms. The molecule has 158 valence electrons. The molecule has 0 radical (unpaired) electrons. The number of methoxy groups -OCH3 is 1. The van der Waals surface area contributed by atoms with Gasteiger partial charge in [-0.05, 0) is 29.8 Å². The van der Waals surface area contributed by atoms with Crippen molar-refractivity contribution in [2.24, 2.45) is 0 Å². The van der Waals surface area contributed by atoms with Crippen molar-refractivity contribution in [3.05, 3.63) is 58.1 Å². The Kier molecular flexibility index (Phi) is 8.95. The van der Waals surface area contributed by atoms with E-state index in [1.807, 2.05) is 12.1 Å². The number of para-hydroxylation sites is 2. The second-order valence-electron chi connectivity index (χ2n) is 6.09. The van der Waals surface area contributed by atoms with Gasteiger partial charge in [-0.25, -0.2) is 8.42 Å². The number of halogens is 2. The van der Waals surface area contributed by atoms with Gasteiger partial charge in [-0.15, -0.1) is 0 Å². The first-order valence-corrected chi connectivity index (χ1v) is 12.4. The lowest BCUT2D eigenvalue weighted by Gasteiger charge is -2.23. The fourth-order valence-corrected chi connectivity index (χ4v) is 4.47. The fourth-order valence-electron chi connectivity index (χ4n) is 2.49. The lowest BCUT2D eigenvalue weighted by atomic mass is 10.2. The average Bonchev–Trinajstić information content (AvgIpc) is 2.67. The molecule has 0 heterocycles. The number of nitrogens with zero attached hydrogens (tertiary/aromatic N) is 1. The number of nitrogens with one attached hydrogen (secondary N) is 1. The van der Waals surface area contributed by atoms with Gasteiger partial charge in [0.2, 0.25) is 15.9 Å². The summed E-state index contributed by atoms with van der Waals surface area (Å²) in [6.45, 7) is 0.0883. The Balaban J connectivity index is 1.86. The fraction of sp³-hybridized carbons (Fsp3) is 0.316. The van der Waals surface area contributed by atoms with Crippen LogP contribution in [0.25, 0.3) is 0 Å². The molecule has 0 atom stereocenters. The third-order valence-corrected chi connectivity index (χ3v) is 6.76. The lowest BCUT2D eigenvalue weighted by Crippen LogP contribution is -2.41. The first-order chi connectivity index (χ1) is 13.7. The largest absolute Gasteiger partial charge is 0.495 e. The Bertz CT molecular complexity index is 955. The number of carbonyl (C=O) groups is 1. The van der Waals surface area contributed by atoms with Crippen molar-refractivity contribution in [1.29, 1.82) is 0 Å². The van der Waals surface area contributed by atoms with Gasteiger partial charge in [0.25, 0.3) is 0 Å². The summed E-state index contributed by atoms with van der Waals surface area (Å²) >= 11 is 13.5. The molecule has 0 spiro atoms. The van der Waals surface area contributed by atoms with Crippen LogP contribution < -0.4 is 14.4 Å². The van der Waals surface area contributed by atoms with Gasteiger partial charge in [0.15, 0.2) is 0 Å². The number of sulfonamides is 1. The highest BCUT2D eigenvalue weighted by Gasteiger charge is 2.23. The molecule has 0 unspecified atom stereocenters. The zero-order valence-corrected chi connectivity index (χ0v) is 19.2. The van der Waals surface area contributed by atoms with Crippen LogP contribution in [0.4, 0.5) is 5.69 Å². The van der Waals surface area contributed by atoms with Crippen LogP contribution >= 0.6 is 35.0 Å². The van der Waals surface area contributed by atoms with Crippen LogP contribution in [0.2, 0.25) is 10.0 Å². The molecular weight excluding hydrogens is 455 g/mol. The van der Waals surface area contributed by atoms with Crippen molar-refractivity contribution < 1.29 is 17.9 Å². The molecule has 0 aliphatic heterocycles. The molecule has 2 aromatic carbocycles. The normalized spacial score (nSPS) is 11.2. The van der Waals surface area contributed by atoms with Crippen LogP contribution in [0.15, 0.2) is 42.5 Å². The molecule has 0 saturated carbocycles. The van der Waals surface area contributed by atoms with E-state index < -0.39 is 15.9 Å². The Morgan fingerprint density at radius 1 is 1.17 bits per heavy atom. The highest BCUT2D eigenvalue weighted by molar-refractivity contribution is 7.98. The van der Waals surface area contributed by atoms with Crippen molar-refractivity contribution in [3.8, 4) is 5.75 Å². The number of amides is 1. The highest BCUT2D eigenvalue weighted by Crippen LogP contribution is 2.29.